The second kappa shape index (κ2) is 4.62. The van der Waals surface area contributed by atoms with E-state index in [0.717, 1.165) is 6.42 Å². The average molecular weight is 226 g/mol. The quantitative estimate of drug-likeness (QED) is 0.857. The van der Waals surface area contributed by atoms with Crippen LogP contribution in [0, 0.1) is 0 Å². The molecule has 1 rings (SSSR count). The van der Waals surface area contributed by atoms with Crippen LogP contribution in [0.25, 0.3) is 0 Å². The summed E-state index contributed by atoms with van der Waals surface area (Å²) in [4.78, 5) is 6.01. The fraction of sp³-hybridized carbons (Fsp3) is 0.750. The van der Waals surface area contributed by atoms with Crippen LogP contribution in [-0.2, 0) is 12.0 Å². The Morgan fingerprint density at radius 3 is 2.33 bits per heavy atom. The first kappa shape index (κ1) is 12.7. The predicted molar refractivity (Wildman–Crippen MR) is 67.4 cm³/mol. The van der Waals surface area contributed by atoms with Gasteiger partial charge in [0.2, 0.25) is 0 Å². The summed E-state index contributed by atoms with van der Waals surface area (Å²) in [5.41, 5.74) is 7.07. The van der Waals surface area contributed by atoms with Gasteiger partial charge in [-0.15, -0.1) is 11.3 Å². The number of hydrogen-bond acceptors (Lipinski definition) is 3. The smallest absolute Gasteiger partial charge is 0.0959 e. The molecule has 15 heavy (non-hydrogen) atoms. The van der Waals surface area contributed by atoms with Crippen molar-refractivity contribution in [3.8, 4) is 0 Å². The molecule has 1 unspecified atom stereocenters. The number of rotatable bonds is 3. The number of nitrogens with two attached hydrogens (primary N) is 1. The maximum Gasteiger partial charge on any atom is 0.0959 e. The van der Waals surface area contributed by atoms with E-state index in [0.29, 0.717) is 12.5 Å². The molecular formula is C12H22N2S. The SMILES string of the molecule is CCC(C)c1nc(C(C)(C)C)c(CN)s1. The fourth-order valence-electron chi connectivity index (χ4n) is 1.48. The van der Waals surface area contributed by atoms with Gasteiger partial charge in [0.25, 0.3) is 0 Å². The third-order valence-corrected chi connectivity index (χ3v) is 3.95. The normalized spacial score (nSPS) is 14.3. The molecule has 0 saturated carbocycles. The van der Waals surface area contributed by atoms with Gasteiger partial charge in [0, 0.05) is 22.8 Å². The number of aromatic nitrogens is 1. The van der Waals surface area contributed by atoms with Crippen molar-refractivity contribution >= 4 is 11.3 Å². The Labute approximate surface area is 96.9 Å². The molecule has 0 saturated heterocycles. The summed E-state index contributed by atoms with van der Waals surface area (Å²) < 4.78 is 0. The van der Waals surface area contributed by atoms with Crippen molar-refractivity contribution in [3.63, 3.8) is 0 Å². The highest BCUT2D eigenvalue weighted by molar-refractivity contribution is 7.11. The summed E-state index contributed by atoms with van der Waals surface area (Å²) in [6.07, 6.45) is 1.14. The second-order valence-corrected chi connectivity index (χ2v) is 6.20. The average Bonchev–Trinajstić information content (AvgIpc) is 2.59. The van der Waals surface area contributed by atoms with Crippen LogP contribution in [0.1, 0.15) is 62.5 Å². The van der Waals surface area contributed by atoms with Crippen LogP contribution >= 0.6 is 11.3 Å². The van der Waals surface area contributed by atoms with Gasteiger partial charge in [-0.3, -0.25) is 0 Å². The summed E-state index contributed by atoms with van der Waals surface area (Å²) in [5.74, 6) is 0.552. The van der Waals surface area contributed by atoms with Gasteiger partial charge in [0.05, 0.1) is 10.7 Å². The fourth-order valence-corrected chi connectivity index (χ4v) is 2.77. The van der Waals surface area contributed by atoms with Crippen molar-refractivity contribution in [2.75, 3.05) is 0 Å². The molecule has 0 amide bonds. The first-order chi connectivity index (χ1) is 6.90. The number of thiazole rings is 1. The molecular weight excluding hydrogens is 204 g/mol. The van der Waals surface area contributed by atoms with Gasteiger partial charge in [0.15, 0.2) is 0 Å². The minimum Gasteiger partial charge on any atom is -0.326 e. The molecule has 0 radical (unpaired) electrons. The van der Waals surface area contributed by atoms with Gasteiger partial charge >= 0.3 is 0 Å². The highest BCUT2D eigenvalue weighted by atomic mass is 32.1. The van der Waals surface area contributed by atoms with Gasteiger partial charge in [-0.05, 0) is 6.42 Å². The van der Waals surface area contributed by atoms with Gasteiger partial charge < -0.3 is 5.73 Å². The van der Waals surface area contributed by atoms with Crippen LogP contribution in [0.3, 0.4) is 0 Å². The van der Waals surface area contributed by atoms with E-state index >= 15 is 0 Å². The van der Waals surface area contributed by atoms with E-state index in [4.69, 9.17) is 10.7 Å². The summed E-state index contributed by atoms with van der Waals surface area (Å²) in [6.45, 7) is 11.6. The summed E-state index contributed by atoms with van der Waals surface area (Å²) in [6, 6.07) is 0. The second-order valence-electron chi connectivity index (χ2n) is 5.09. The molecule has 0 fully saturated rings. The van der Waals surface area contributed by atoms with Crippen molar-refractivity contribution in [1.29, 1.82) is 0 Å². The maximum atomic E-state index is 5.77. The first-order valence-corrected chi connectivity index (χ1v) is 6.42. The van der Waals surface area contributed by atoms with Crippen molar-refractivity contribution in [2.45, 2.75) is 58.9 Å². The monoisotopic (exact) mass is 226 g/mol. The molecule has 2 nitrogen and oxygen atoms in total. The third-order valence-electron chi connectivity index (χ3n) is 2.64. The number of hydrogen-bond donors (Lipinski definition) is 1. The Balaban J connectivity index is 3.11. The van der Waals surface area contributed by atoms with E-state index in [1.54, 1.807) is 11.3 Å². The predicted octanol–water partition coefficient (Wildman–Crippen LogP) is 3.41. The van der Waals surface area contributed by atoms with Gasteiger partial charge in [-0.25, -0.2) is 4.98 Å². The maximum absolute atomic E-state index is 5.77. The molecule has 0 aliphatic carbocycles. The zero-order valence-electron chi connectivity index (χ0n) is 10.4. The Morgan fingerprint density at radius 2 is 2.00 bits per heavy atom. The summed E-state index contributed by atoms with van der Waals surface area (Å²) in [7, 11) is 0. The van der Waals surface area contributed by atoms with Crippen LogP contribution in [0.2, 0.25) is 0 Å². The van der Waals surface area contributed by atoms with Crippen LogP contribution in [0.4, 0.5) is 0 Å². The van der Waals surface area contributed by atoms with E-state index in [1.807, 2.05) is 0 Å². The largest absolute Gasteiger partial charge is 0.326 e. The summed E-state index contributed by atoms with van der Waals surface area (Å²) in [5, 5.41) is 1.24. The lowest BCUT2D eigenvalue weighted by molar-refractivity contribution is 0.561. The molecule has 0 aromatic carbocycles. The number of nitrogens with zero attached hydrogens (tertiary/aromatic N) is 1. The molecule has 0 spiro atoms. The minimum absolute atomic E-state index is 0.108. The van der Waals surface area contributed by atoms with Gasteiger partial charge in [-0.2, -0.15) is 0 Å². The first-order valence-electron chi connectivity index (χ1n) is 5.60. The van der Waals surface area contributed by atoms with Crippen molar-refractivity contribution in [1.82, 2.24) is 4.98 Å². The highest BCUT2D eigenvalue weighted by Crippen LogP contribution is 2.33. The van der Waals surface area contributed by atoms with Crippen molar-refractivity contribution < 1.29 is 0 Å². The van der Waals surface area contributed by atoms with Gasteiger partial charge in [0.1, 0.15) is 0 Å². The third kappa shape index (κ3) is 2.79. The molecule has 86 valence electrons. The Hall–Kier alpha value is -0.410. The van der Waals surface area contributed by atoms with Gasteiger partial charge in [-0.1, -0.05) is 34.6 Å². The van der Waals surface area contributed by atoms with Crippen molar-refractivity contribution in [3.05, 3.63) is 15.6 Å². The topological polar surface area (TPSA) is 38.9 Å². The van der Waals surface area contributed by atoms with Crippen LogP contribution in [-0.4, -0.2) is 4.98 Å². The Bertz CT molecular complexity index is 323. The van der Waals surface area contributed by atoms with E-state index < -0.39 is 0 Å². The van der Waals surface area contributed by atoms with E-state index in [-0.39, 0.29) is 5.41 Å². The highest BCUT2D eigenvalue weighted by Gasteiger charge is 2.23. The molecule has 0 bridgehead atoms. The molecule has 1 atom stereocenters. The zero-order chi connectivity index (χ0) is 11.6. The summed E-state index contributed by atoms with van der Waals surface area (Å²) >= 11 is 1.78. The Morgan fingerprint density at radius 1 is 1.40 bits per heavy atom. The van der Waals surface area contributed by atoms with Crippen molar-refractivity contribution in [2.24, 2.45) is 5.73 Å². The van der Waals surface area contributed by atoms with E-state index in [2.05, 4.69) is 34.6 Å². The zero-order valence-corrected chi connectivity index (χ0v) is 11.2. The molecule has 1 aromatic rings. The standard InChI is InChI=1S/C12H22N2S/c1-6-8(2)11-14-10(12(3,4)5)9(7-13)15-11/h8H,6-7,13H2,1-5H3. The molecule has 1 heterocycles. The van der Waals surface area contributed by atoms with Crippen LogP contribution in [0.5, 0.6) is 0 Å². The molecule has 2 N–H and O–H groups in total. The lowest BCUT2D eigenvalue weighted by Crippen LogP contribution is -2.15. The molecule has 0 aliphatic heterocycles. The molecule has 3 heteroatoms. The van der Waals surface area contributed by atoms with Crippen LogP contribution in [0.15, 0.2) is 0 Å². The minimum atomic E-state index is 0.108. The Kier molecular flexibility index (Phi) is 3.90. The van der Waals surface area contributed by atoms with Crippen LogP contribution < -0.4 is 5.73 Å². The van der Waals surface area contributed by atoms with E-state index in [9.17, 15) is 0 Å². The van der Waals surface area contributed by atoms with E-state index in [1.165, 1.54) is 15.6 Å². The lowest BCUT2D eigenvalue weighted by Gasteiger charge is -2.17. The molecule has 1 aromatic heterocycles. The molecule has 0 aliphatic rings. The lowest BCUT2D eigenvalue weighted by atomic mass is 9.91.